The van der Waals surface area contributed by atoms with Crippen LogP contribution in [-0.4, -0.2) is 31.4 Å². The third-order valence-electron chi connectivity index (χ3n) is 4.03. The van der Waals surface area contributed by atoms with Gasteiger partial charge in [0.25, 0.3) is 0 Å². The number of fused-ring (bicyclic) bond motifs is 1. The second kappa shape index (κ2) is 6.91. The van der Waals surface area contributed by atoms with Gasteiger partial charge in [-0.25, -0.2) is 14.2 Å². The van der Waals surface area contributed by atoms with Gasteiger partial charge in [-0.3, -0.25) is 10.4 Å². The molecule has 0 saturated carbocycles. The van der Waals surface area contributed by atoms with Crippen molar-refractivity contribution in [2.24, 2.45) is 0 Å². The highest BCUT2D eigenvalue weighted by molar-refractivity contribution is 6.00. The number of halogens is 1. The van der Waals surface area contributed by atoms with Crippen LogP contribution in [0.3, 0.4) is 0 Å². The van der Waals surface area contributed by atoms with Crippen molar-refractivity contribution in [1.29, 1.82) is 0 Å². The number of carbonyl (C=O) groups excluding carboxylic acids is 1. The second-order valence-corrected chi connectivity index (χ2v) is 6.07. The minimum atomic E-state index is -0.658. The van der Waals surface area contributed by atoms with Crippen molar-refractivity contribution in [2.75, 3.05) is 16.4 Å². The molecule has 0 unspecified atom stereocenters. The Bertz CT molecular complexity index is 1170. The number of hydrogen-bond donors (Lipinski definition) is 4. The van der Waals surface area contributed by atoms with E-state index in [4.69, 9.17) is 5.73 Å². The summed E-state index contributed by atoms with van der Waals surface area (Å²) in [6, 6.07) is 9.20. The lowest BCUT2D eigenvalue weighted by atomic mass is 10.1. The summed E-state index contributed by atoms with van der Waals surface area (Å²) in [6.45, 7) is 1.80. The number of benzene rings is 2. The van der Waals surface area contributed by atoms with Gasteiger partial charge in [0.1, 0.15) is 5.82 Å². The van der Waals surface area contributed by atoms with Gasteiger partial charge in [-0.1, -0.05) is 18.2 Å². The lowest BCUT2D eigenvalue weighted by molar-refractivity contribution is 0.262. The average molecular weight is 378 g/mol. The van der Waals surface area contributed by atoms with Gasteiger partial charge in [0, 0.05) is 5.56 Å². The Balaban J connectivity index is 1.52. The SMILES string of the molecule is Cc1ccc(F)c(NC(=O)Nc2cnc(-c3cccc4[nH]nc(N)c34)nn2)c1. The number of urea groups is 1. The smallest absolute Gasteiger partial charge is 0.325 e. The molecule has 0 aliphatic heterocycles. The maximum absolute atomic E-state index is 13.7. The maximum atomic E-state index is 13.7. The Kier molecular flexibility index (Phi) is 4.28. The molecule has 0 spiro atoms. The predicted molar refractivity (Wildman–Crippen MR) is 103 cm³/mol. The fraction of sp³-hybridized carbons (Fsp3) is 0.0556. The fourth-order valence-corrected chi connectivity index (χ4v) is 2.74. The van der Waals surface area contributed by atoms with E-state index in [0.717, 1.165) is 11.1 Å². The summed E-state index contributed by atoms with van der Waals surface area (Å²) in [7, 11) is 0. The minimum Gasteiger partial charge on any atom is -0.382 e. The number of aryl methyl sites for hydroxylation is 1. The highest BCUT2D eigenvalue weighted by Crippen LogP contribution is 2.28. The molecule has 5 N–H and O–H groups in total. The molecular formula is C18H15FN8O. The molecule has 9 nitrogen and oxygen atoms in total. The first-order valence-electron chi connectivity index (χ1n) is 8.28. The van der Waals surface area contributed by atoms with E-state index in [2.05, 4.69) is 36.0 Å². The molecule has 2 heterocycles. The van der Waals surface area contributed by atoms with Crippen LogP contribution in [0.2, 0.25) is 0 Å². The number of nitrogens with one attached hydrogen (secondary N) is 3. The van der Waals surface area contributed by atoms with Gasteiger partial charge in [-0.15, -0.1) is 10.2 Å². The summed E-state index contributed by atoms with van der Waals surface area (Å²) in [6.07, 6.45) is 1.35. The largest absolute Gasteiger partial charge is 0.382 e. The molecule has 0 radical (unpaired) electrons. The summed E-state index contributed by atoms with van der Waals surface area (Å²) < 4.78 is 13.7. The molecule has 140 valence electrons. The number of anilines is 3. The third-order valence-corrected chi connectivity index (χ3v) is 4.03. The first-order valence-corrected chi connectivity index (χ1v) is 8.28. The number of aromatic nitrogens is 5. The van der Waals surface area contributed by atoms with Gasteiger partial charge in [-0.2, -0.15) is 5.10 Å². The standard InChI is InChI=1S/C18H15FN8O/c1-9-5-6-11(19)13(7-9)22-18(28)23-14-8-21-17(27-25-14)10-3-2-4-12-15(10)16(20)26-24-12/h2-8H,1H3,(H3,20,24,26)(H2,22,23,25,28). The van der Waals surface area contributed by atoms with Gasteiger partial charge >= 0.3 is 6.03 Å². The molecule has 10 heteroatoms. The molecule has 0 fully saturated rings. The van der Waals surface area contributed by atoms with Gasteiger partial charge in [-0.05, 0) is 30.7 Å². The quantitative estimate of drug-likeness (QED) is 0.433. The number of H-pyrrole nitrogens is 1. The topological polar surface area (TPSA) is 134 Å². The monoisotopic (exact) mass is 378 g/mol. The van der Waals surface area contributed by atoms with E-state index >= 15 is 0 Å². The molecule has 0 aliphatic carbocycles. The van der Waals surface area contributed by atoms with Crippen LogP contribution in [0.4, 0.5) is 26.5 Å². The van der Waals surface area contributed by atoms with E-state index in [1.54, 1.807) is 19.1 Å². The fourth-order valence-electron chi connectivity index (χ4n) is 2.74. The van der Waals surface area contributed by atoms with Crippen molar-refractivity contribution in [3.8, 4) is 11.4 Å². The third kappa shape index (κ3) is 3.30. The number of carbonyl (C=O) groups is 1. The summed E-state index contributed by atoms with van der Waals surface area (Å²) in [4.78, 5) is 16.3. The normalized spacial score (nSPS) is 10.8. The molecule has 2 aromatic carbocycles. The number of hydrogen-bond acceptors (Lipinski definition) is 6. The first-order chi connectivity index (χ1) is 13.5. The van der Waals surface area contributed by atoms with Crippen molar-refractivity contribution in [1.82, 2.24) is 25.4 Å². The molecule has 0 aliphatic rings. The van der Waals surface area contributed by atoms with E-state index < -0.39 is 11.8 Å². The van der Waals surface area contributed by atoms with E-state index in [9.17, 15) is 9.18 Å². The molecule has 0 atom stereocenters. The number of nitrogens with zero attached hydrogens (tertiary/aromatic N) is 4. The van der Waals surface area contributed by atoms with Gasteiger partial charge in [0.2, 0.25) is 0 Å². The van der Waals surface area contributed by atoms with Crippen LogP contribution < -0.4 is 16.4 Å². The Labute approximate surface area is 158 Å². The van der Waals surface area contributed by atoms with E-state index in [-0.39, 0.29) is 11.5 Å². The Morgan fingerprint density at radius 3 is 2.82 bits per heavy atom. The van der Waals surface area contributed by atoms with Gasteiger partial charge in [0.15, 0.2) is 17.5 Å². The number of nitrogens with two attached hydrogens (primary N) is 1. The van der Waals surface area contributed by atoms with Gasteiger partial charge < -0.3 is 11.1 Å². The van der Waals surface area contributed by atoms with Gasteiger partial charge in [0.05, 0.1) is 22.8 Å². The zero-order valence-corrected chi connectivity index (χ0v) is 14.7. The number of aromatic amines is 1. The zero-order chi connectivity index (χ0) is 19.7. The molecular weight excluding hydrogens is 363 g/mol. The minimum absolute atomic E-state index is 0.0668. The van der Waals surface area contributed by atoms with Crippen LogP contribution in [0.25, 0.3) is 22.3 Å². The van der Waals surface area contributed by atoms with E-state index in [1.807, 2.05) is 12.1 Å². The van der Waals surface area contributed by atoms with Crippen molar-refractivity contribution in [3.05, 3.63) is 54.0 Å². The second-order valence-electron chi connectivity index (χ2n) is 6.07. The molecule has 2 amide bonds. The highest BCUT2D eigenvalue weighted by atomic mass is 19.1. The summed E-state index contributed by atoms with van der Waals surface area (Å²) in [5.41, 5.74) is 8.19. The number of amides is 2. The predicted octanol–water partition coefficient (Wildman–Crippen LogP) is 3.09. The molecule has 4 aromatic rings. The molecule has 0 bridgehead atoms. The van der Waals surface area contributed by atoms with Crippen LogP contribution in [0.1, 0.15) is 5.56 Å². The van der Waals surface area contributed by atoms with E-state index in [1.165, 1.54) is 18.3 Å². The molecule has 4 rings (SSSR count). The molecule has 2 aromatic heterocycles. The van der Waals surface area contributed by atoms with Crippen LogP contribution >= 0.6 is 0 Å². The lowest BCUT2D eigenvalue weighted by Crippen LogP contribution is -2.21. The maximum Gasteiger partial charge on any atom is 0.325 e. The Hall–Kier alpha value is -4.08. The van der Waals surface area contributed by atoms with Crippen molar-refractivity contribution < 1.29 is 9.18 Å². The summed E-state index contributed by atoms with van der Waals surface area (Å²) >= 11 is 0. The van der Waals surface area contributed by atoms with Crippen molar-refractivity contribution in [3.63, 3.8) is 0 Å². The van der Waals surface area contributed by atoms with Crippen LogP contribution in [0.5, 0.6) is 0 Å². The Morgan fingerprint density at radius 2 is 2.04 bits per heavy atom. The first kappa shape index (κ1) is 17.3. The lowest BCUT2D eigenvalue weighted by Gasteiger charge is -2.08. The number of nitrogen functional groups attached to an aromatic ring is 1. The van der Waals surface area contributed by atoms with Crippen LogP contribution in [0, 0.1) is 12.7 Å². The zero-order valence-electron chi connectivity index (χ0n) is 14.7. The average Bonchev–Trinajstić information content (AvgIpc) is 3.07. The van der Waals surface area contributed by atoms with Crippen molar-refractivity contribution >= 4 is 34.3 Å². The highest BCUT2D eigenvalue weighted by Gasteiger charge is 2.13. The van der Waals surface area contributed by atoms with Crippen molar-refractivity contribution in [2.45, 2.75) is 6.92 Å². The van der Waals surface area contributed by atoms with E-state index in [0.29, 0.717) is 22.6 Å². The summed E-state index contributed by atoms with van der Waals surface area (Å²) in [5, 5.41) is 20.4. The number of rotatable bonds is 3. The van der Waals surface area contributed by atoms with Crippen LogP contribution in [0.15, 0.2) is 42.6 Å². The molecule has 0 saturated heterocycles. The molecule has 28 heavy (non-hydrogen) atoms. The van der Waals surface area contributed by atoms with Crippen LogP contribution in [-0.2, 0) is 0 Å². The Morgan fingerprint density at radius 1 is 1.18 bits per heavy atom. The summed E-state index contributed by atoms with van der Waals surface area (Å²) in [5.74, 6) is 0.234.